The zero-order valence-electron chi connectivity index (χ0n) is 10.2. The summed E-state index contributed by atoms with van der Waals surface area (Å²) in [5.74, 6) is 1.30. The van der Waals surface area contributed by atoms with Crippen LogP contribution in [-0.4, -0.2) is 5.84 Å². The molecule has 98 valence electrons. The summed E-state index contributed by atoms with van der Waals surface area (Å²) in [7, 11) is 0. The highest BCUT2D eigenvalue weighted by Gasteiger charge is 2.07. The number of ether oxygens (including phenoxy) is 1. The molecule has 0 amide bonds. The molecule has 0 radical (unpaired) electrons. The minimum atomic E-state index is -0.0600. The fourth-order valence-electron chi connectivity index (χ4n) is 1.59. The van der Waals surface area contributed by atoms with E-state index in [1.807, 2.05) is 25.1 Å². The molecular weight excluding hydrogens is 328 g/mol. The zero-order chi connectivity index (χ0) is 14.0. The van der Waals surface area contributed by atoms with E-state index in [0.29, 0.717) is 16.3 Å². The Hall–Kier alpha value is -1.52. The van der Waals surface area contributed by atoms with Gasteiger partial charge in [0, 0.05) is 16.1 Å². The van der Waals surface area contributed by atoms with E-state index in [9.17, 15) is 0 Å². The lowest BCUT2D eigenvalue weighted by molar-refractivity contribution is 0.478. The van der Waals surface area contributed by atoms with Crippen LogP contribution in [0.15, 0.2) is 40.9 Å². The van der Waals surface area contributed by atoms with Crippen LogP contribution in [0.4, 0.5) is 0 Å². The van der Waals surface area contributed by atoms with Crippen LogP contribution in [0.2, 0.25) is 5.02 Å². The molecule has 0 heterocycles. The molecule has 3 N–H and O–H groups in total. The average molecular weight is 340 g/mol. The third-order valence-corrected chi connectivity index (χ3v) is 3.41. The van der Waals surface area contributed by atoms with Gasteiger partial charge in [-0.15, -0.1) is 0 Å². The molecule has 5 heteroatoms. The van der Waals surface area contributed by atoms with Gasteiger partial charge in [-0.3, -0.25) is 5.41 Å². The normalized spacial score (nSPS) is 10.3. The maximum Gasteiger partial charge on any atom is 0.131 e. The van der Waals surface area contributed by atoms with Crippen molar-refractivity contribution in [2.45, 2.75) is 6.92 Å². The van der Waals surface area contributed by atoms with Crippen LogP contribution in [0.5, 0.6) is 11.5 Å². The topological polar surface area (TPSA) is 59.1 Å². The Kier molecular flexibility index (Phi) is 4.12. The van der Waals surface area contributed by atoms with E-state index in [4.69, 9.17) is 27.5 Å². The molecule has 3 nitrogen and oxygen atoms in total. The predicted molar refractivity (Wildman–Crippen MR) is 81.4 cm³/mol. The van der Waals surface area contributed by atoms with Gasteiger partial charge in [0.15, 0.2) is 0 Å². The van der Waals surface area contributed by atoms with Crippen LogP contribution in [-0.2, 0) is 0 Å². The Morgan fingerprint density at radius 3 is 2.63 bits per heavy atom. The van der Waals surface area contributed by atoms with Crippen molar-refractivity contribution in [2.24, 2.45) is 5.73 Å². The Morgan fingerprint density at radius 2 is 2.00 bits per heavy atom. The van der Waals surface area contributed by atoms with Gasteiger partial charge < -0.3 is 10.5 Å². The first kappa shape index (κ1) is 13.9. The summed E-state index contributed by atoms with van der Waals surface area (Å²) in [5, 5.41) is 7.78. The number of amidine groups is 1. The molecule has 2 aromatic carbocycles. The molecule has 0 fully saturated rings. The number of benzene rings is 2. The predicted octanol–water partition coefficient (Wildman–Crippen LogP) is 4.49. The average Bonchev–Trinajstić information content (AvgIpc) is 2.33. The minimum Gasteiger partial charge on any atom is -0.457 e. The van der Waals surface area contributed by atoms with E-state index < -0.39 is 0 Å². The van der Waals surface area contributed by atoms with Crippen LogP contribution in [0.1, 0.15) is 11.1 Å². The second-order valence-electron chi connectivity index (χ2n) is 4.07. The Morgan fingerprint density at radius 1 is 1.26 bits per heavy atom. The molecule has 19 heavy (non-hydrogen) atoms. The molecule has 2 rings (SSSR count). The highest BCUT2D eigenvalue weighted by atomic mass is 79.9. The SMILES string of the molecule is Cc1ccc(Br)cc1Oc1ccc(C(=N)N)c(Cl)c1. The highest BCUT2D eigenvalue weighted by Crippen LogP contribution is 2.30. The maximum absolute atomic E-state index is 7.38. The lowest BCUT2D eigenvalue weighted by atomic mass is 10.2. The van der Waals surface area contributed by atoms with Gasteiger partial charge in [0.05, 0.1) is 5.02 Å². The van der Waals surface area contributed by atoms with Crippen LogP contribution in [0.25, 0.3) is 0 Å². The van der Waals surface area contributed by atoms with Crippen molar-refractivity contribution < 1.29 is 4.74 Å². The van der Waals surface area contributed by atoms with E-state index in [0.717, 1.165) is 15.8 Å². The maximum atomic E-state index is 7.38. The molecule has 0 bridgehead atoms. The van der Waals surface area contributed by atoms with Gasteiger partial charge in [-0.1, -0.05) is 33.6 Å². The van der Waals surface area contributed by atoms with Gasteiger partial charge in [-0.25, -0.2) is 0 Å². The van der Waals surface area contributed by atoms with E-state index >= 15 is 0 Å². The van der Waals surface area contributed by atoms with Gasteiger partial charge in [0.1, 0.15) is 17.3 Å². The number of rotatable bonds is 3. The highest BCUT2D eigenvalue weighted by molar-refractivity contribution is 9.10. The van der Waals surface area contributed by atoms with Crippen molar-refractivity contribution in [1.29, 1.82) is 5.41 Å². The van der Waals surface area contributed by atoms with Gasteiger partial charge in [-0.2, -0.15) is 0 Å². The minimum absolute atomic E-state index is 0.0600. The molecule has 2 aromatic rings. The lowest BCUT2D eigenvalue weighted by Gasteiger charge is -2.10. The van der Waals surface area contributed by atoms with Crippen molar-refractivity contribution in [3.8, 4) is 11.5 Å². The van der Waals surface area contributed by atoms with E-state index in [1.54, 1.807) is 18.2 Å². The Bertz CT molecular complexity index is 643. The number of hydrogen-bond acceptors (Lipinski definition) is 2. The van der Waals surface area contributed by atoms with Crippen LogP contribution in [0, 0.1) is 12.3 Å². The molecule has 0 saturated heterocycles. The van der Waals surface area contributed by atoms with Crippen LogP contribution in [0.3, 0.4) is 0 Å². The van der Waals surface area contributed by atoms with Crippen molar-refractivity contribution in [1.82, 2.24) is 0 Å². The lowest BCUT2D eigenvalue weighted by Crippen LogP contribution is -2.11. The zero-order valence-corrected chi connectivity index (χ0v) is 12.5. The van der Waals surface area contributed by atoms with Gasteiger partial charge in [0.2, 0.25) is 0 Å². The summed E-state index contributed by atoms with van der Waals surface area (Å²) >= 11 is 9.46. The molecule has 0 saturated carbocycles. The second kappa shape index (κ2) is 5.63. The van der Waals surface area contributed by atoms with Gasteiger partial charge in [-0.05, 0) is 36.8 Å². The quantitative estimate of drug-likeness (QED) is 0.639. The molecular formula is C14H12BrClN2O. The first-order valence-corrected chi connectivity index (χ1v) is 6.72. The molecule has 0 aliphatic heterocycles. The van der Waals surface area contributed by atoms with E-state index in [1.165, 1.54) is 0 Å². The first-order valence-electron chi connectivity index (χ1n) is 5.55. The molecule has 0 atom stereocenters. The third-order valence-electron chi connectivity index (χ3n) is 2.61. The van der Waals surface area contributed by atoms with Crippen molar-refractivity contribution >= 4 is 33.4 Å². The summed E-state index contributed by atoms with van der Waals surface area (Å²) in [6.45, 7) is 1.97. The third kappa shape index (κ3) is 3.28. The Labute approximate surface area is 125 Å². The molecule has 0 aliphatic rings. The smallest absolute Gasteiger partial charge is 0.131 e. The Balaban J connectivity index is 2.31. The largest absolute Gasteiger partial charge is 0.457 e. The van der Waals surface area contributed by atoms with Gasteiger partial charge in [0.25, 0.3) is 0 Å². The molecule has 0 spiro atoms. The number of halogens is 2. The monoisotopic (exact) mass is 338 g/mol. The molecule has 0 aromatic heterocycles. The molecule has 0 unspecified atom stereocenters. The van der Waals surface area contributed by atoms with Crippen molar-refractivity contribution in [3.63, 3.8) is 0 Å². The van der Waals surface area contributed by atoms with Gasteiger partial charge >= 0.3 is 0 Å². The summed E-state index contributed by atoms with van der Waals surface area (Å²) in [6, 6.07) is 10.9. The van der Waals surface area contributed by atoms with Crippen LogP contribution < -0.4 is 10.5 Å². The standard InChI is InChI=1S/C14H12BrClN2O/c1-8-2-3-9(15)6-13(8)19-10-4-5-11(14(17)18)12(16)7-10/h2-7H,1H3,(H3,17,18). The van der Waals surface area contributed by atoms with Crippen molar-refractivity contribution in [2.75, 3.05) is 0 Å². The summed E-state index contributed by atoms with van der Waals surface area (Å²) in [4.78, 5) is 0. The number of hydrogen-bond donors (Lipinski definition) is 2. The molecule has 0 aliphatic carbocycles. The summed E-state index contributed by atoms with van der Waals surface area (Å²) in [6.07, 6.45) is 0. The number of nitrogens with one attached hydrogen (secondary N) is 1. The number of aryl methyl sites for hydroxylation is 1. The number of nitrogens with two attached hydrogens (primary N) is 1. The van der Waals surface area contributed by atoms with E-state index in [2.05, 4.69) is 15.9 Å². The first-order chi connectivity index (χ1) is 8.97. The summed E-state index contributed by atoms with van der Waals surface area (Å²) in [5.41, 5.74) is 6.94. The fraction of sp³-hybridized carbons (Fsp3) is 0.0714. The summed E-state index contributed by atoms with van der Waals surface area (Å²) < 4.78 is 6.72. The van der Waals surface area contributed by atoms with E-state index in [-0.39, 0.29) is 5.84 Å². The fourth-order valence-corrected chi connectivity index (χ4v) is 2.20. The number of nitrogen functional groups attached to an aromatic ring is 1. The van der Waals surface area contributed by atoms with Crippen molar-refractivity contribution in [3.05, 3.63) is 57.0 Å². The second-order valence-corrected chi connectivity index (χ2v) is 5.39. The van der Waals surface area contributed by atoms with Crippen LogP contribution >= 0.6 is 27.5 Å².